The molecule has 0 unspecified atom stereocenters. The van der Waals surface area contributed by atoms with E-state index in [4.69, 9.17) is 0 Å². The molecule has 8 heteroatoms. The molecule has 38 heavy (non-hydrogen) atoms. The number of hydrogen-bond donors (Lipinski definition) is 3. The van der Waals surface area contributed by atoms with Crippen LogP contribution in [-0.4, -0.2) is 30.9 Å². The number of hydrogen-bond acceptors (Lipinski definition) is 3. The SMILES string of the molecule is CCCC(=O)N[C@@H]1CCc2ccccc2N(Cc2ccc(-c3ccccc3CNC(=O)NC)cc2Br)C1=O. The van der Waals surface area contributed by atoms with Crippen LogP contribution in [0.4, 0.5) is 10.5 Å². The van der Waals surface area contributed by atoms with Gasteiger partial charge in [-0.25, -0.2) is 4.79 Å². The summed E-state index contributed by atoms with van der Waals surface area (Å²) in [6.07, 6.45) is 2.43. The summed E-state index contributed by atoms with van der Waals surface area (Å²) in [7, 11) is 1.59. The summed E-state index contributed by atoms with van der Waals surface area (Å²) in [4.78, 5) is 39.5. The average Bonchev–Trinajstić information content (AvgIpc) is 3.05. The lowest BCUT2D eigenvalue weighted by atomic mass is 9.98. The first-order chi connectivity index (χ1) is 18.4. The van der Waals surface area contributed by atoms with Crippen molar-refractivity contribution in [2.45, 2.75) is 51.7 Å². The number of urea groups is 1. The predicted molar refractivity (Wildman–Crippen MR) is 154 cm³/mol. The second kappa shape index (κ2) is 12.7. The highest BCUT2D eigenvalue weighted by atomic mass is 79.9. The lowest BCUT2D eigenvalue weighted by molar-refractivity contribution is -0.127. The summed E-state index contributed by atoms with van der Waals surface area (Å²) < 4.78 is 0.880. The van der Waals surface area contributed by atoms with Crippen molar-refractivity contribution in [3.63, 3.8) is 0 Å². The predicted octanol–water partition coefficient (Wildman–Crippen LogP) is 5.31. The number of carbonyl (C=O) groups excluding carboxylic acids is 3. The van der Waals surface area contributed by atoms with Crippen LogP contribution in [0.5, 0.6) is 0 Å². The van der Waals surface area contributed by atoms with E-state index in [2.05, 4.69) is 31.9 Å². The fraction of sp³-hybridized carbons (Fsp3) is 0.300. The fourth-order valence-corrected chi connectivity index (χ4v) is 5.24. The largest absolute Gasteiger partial charge is 0.344 e. The molecule has 198 valence electrons. The van der Waals surface area contributed by atoms with E-state index in [1.54, 1.807) is 11.9 Å². The van der Waals surface area contributed by atoms with E-state index in [-0.39, 0.29) is 17.8 Å². The maximum absolute atomic E-state index is 13.7. The van der Waals surface area contributed by atoms with Crippen LogP contribution in [0.25, 0.3) is 11.1 Å². The summed E-state index contributed by atoms with van der Waals surface area (Å²) in [5, 5.41) is 8.38. The van der Waals surface area contributed by atoms with E-state index in [0.717, 1.165) is 50.8 Å². The number of nitrogens with one attached hydrogen (secondary N) is 3. The highest BCUT2D eigenvalue weighted by Gasteiger charge is 2.31. The van der Waals surface area contributed by atoms with Gasteiger partial charge in [-0.15, -0.1) is 0 Å². The molecule has 0 radical (unpaired) electrons. The zero-order valence-corrected chi connectivity index (χ0v) is 23.3. The fourth-order valence-electron chi connectivity index (χ4n) is 4.74. The topological polar surface area (TPSA) is 90.5 Å². The van der Waals surface area contributed by atoms with Crippen molar-refractivity contribution in [2.24, 2.45) is 0 Å². The van der Waals surface area contributed by atoms with Crippen LogP contribution in [0.15, 0.2) is 71.2 Å². The third-order valence-corrected chi connectivity index (χ3v) is 7.48. The number of benzene rings is 3. The Hall–Kier alpha value is -3.65. The maximum Gasteiger partial charge on any atom is 0.314 e. The minimum absolute atomic E-state index is 0.0909. The van der Waals surface area contributed by atoms with E-state index in [9.17, 15) is 14.4 Å². The first-order valence-corrected chi connectivity index (χ1v) is 13.7. The number of fused-ring (bicyclic) bond motifs is 1. The number of carbonyl (C=O) groups is 3. The Morgan fingerprint density at radius 3 is 2.55 bits per heavy atom. The Labute approximate surface area is 232 Å². The first kappa shape index (κ1) is 27.4. The lowest BCUT2D eigenvalue weighted by Crippen LogP contribution is -2.47. The van der Waals surface area contributed by atoms with Crippen molar-refractivity contribution < 1.29 is 14.4 Å². The molecule has 0 spiro atoms. The molecule has 3 aromatic carbocycles. The van der Waals surface area contributed by atoms with Gasteiger partial charge in [0.2, 0.25) is 11.8 Å². The van der Waals surface area contributed by atoms with E-state index in [1.165, 1.54) is 0 Å². The number of amides is 4. The molecule has 0 aromatic heterocycles. The standard InChI is InChI=1S/C30H33BrN4O3/c1-3-8-28(36)34-26-16-15-20-9-5-7-12-27(20)35(29(26)37)19-23-14-13-21(17-25(23)31)24-11-6-4-10-22(24)18-33-30(38)32-2/h4-7,9-14,17,26H,3,8,15-16,18-19H2,1-2H3,(H,34,36)(H2,32,33,38)/t26-/m1/s1. The molecule has 0 aliphatic carbocycles. The van der Waals surface area contributed by atoms with Crippen molar-refractivity contribution in [2.75, 3.05) is 11.9 Å². The molecule has 3 aromatic rings. The molecular formula is C30H33BrN4O3. The van der Waals surface area contributed by atoms with Crippen LogP contribution in [0.1, 0.15) is 42.9 Å². The normalized spacial score (nSPS) is 14.9. The van der Waals surface area contributed by atoms with E-state index in [1.807, 2.05) is 73.7 Å². The maximum atomic E-state index is 13.7. The Kier molecular flexibility index (Phi) is 9.18. The molecule has 1 atom stereocenters. The molecule has 0 saturated carbocycles. The number of para-hydroxylation sites is 1. The zero-order valence-electron chi connectivity index (χ0n) is 21.7. The van der Waals surface area contributed by atoms with Crippen molar-refractivity contribution in [3.05, 3.63) is 87.9 Å². The van der Waals surface area contributed by atoms with Crippen LogP contribution in [0.2, 0.25) is 0 Å². The minimum atomic E-state index is -0.556. The quantitative estimate of drug-likeness (QED) is 0.339. The van der Waals surface area contributed by atoms with Gasteiger partial charge in [0, 0.05) is 30.2 Å². The number of aryl methyl sites for hydroxylation is 1. The number of rotatable bonds is 8. The van der Waals surface area contributed by atoms with Crippen molar-refractivity contribution >= 4 is 39.5 Å². The number of nitrogens with zero attached hydrogens (tertiary/aromatic N) is 1. The molecule has 0 saturated heterocycles. The summed E-state index contributed by atoms with van der Waals surface area (Å²) in [5.74, 6) is -0.187. The van der Waals surface area contributed by atoms with Crippen molar-refractivity contribution in [1.29, 1.82) is 0 Å². The van der Waals surface area contributed by atoms with E-state index in [0.29, 0.717) is 25.9 Å². The van der Waals surface area contributed by atoms with Crippen molar-refractivity contribution in [1.82, 2.24) is 16.0 Å². The van der Waals surface area contributed by atoms with Crippen LogP contribution in [0, 0.1) is 0 Å². The molecule has 4 amide bonds. The smallest absolute Gasteiger partial charge is 0.314 e. The second-order valence-electron chi connectivity index (χ2n) is 9.36. The lowest BCUT2D eigenvalue weighted by Gasteiger charge is -2.27. The molecule has 7 nitrogen and oxygen atoms in total. The Balaban J connectivity index is 1.61. The summed E-state index contributed by atoms with van der Waals surface area (Å²) in [5.41, 5.74) is 5.95. The summed E-state index contributed by atoms with van der Waals surface area (Å²) in [6.45, 7) is 2.73. The zero-order chi connectivity index (χ0) is 27.1. The first-order valence-electron chi connectivity index (χ1n) is 12.9. The van der Waals surface area contributed by atoms with E-state index >= 15 is 0 Å². The van der Waals surface area contributed by atoms with Crippen LogP contribution in [-0.2, 0) is 29.1 Å². The Morgan fingerprint density at radius 1 is 1.03 bits per heavy atom. The van der Waals surface area contributed by atoms with Crippen LogP contribution in [0.3, 0.4) is 0 Å². The van der Waals surface area contributed by atoms with Gasteiger partial charge in [0.05, 0.1) is 6.54 Å². The molecule has 0 bridgehead atoms. The monoisotopic (exact) mass is 576 g/mol. The molecule has 1 aliphatic rings. The second-order valence-corrected chi connectivity index (χ2v) is 10.2. The molecule has 3 N–H and O–H groups in total. The van der Waals surface area contributed by atoms with Crippen LogP contribution < -0.4 is 20.9 Å². The number of halogens is 1. The third-order valence-electron chi connectivity index (χ3n) is 6.74. The molecule has 4 rings (SSSR count). The van der Waals surface area contributed by atoms with Gasteiger partial charge in [0.25, 0.3) is 0 Å². The van der Waals surface area contributed by atoms with Crippen LogP contribution >= 0.6 is 15.9 Å². The number of anilines is 1. The average molecular weight is 578 g/mol. The highest BCUT2D eigenvalue weighted by molar-refractivity contribution is 9.10. The Bertz CT molecular complexity index is 1330. The third kappa shape index (κ3) is 6.42. The van der Waals surface area contributed by atoms with Gasteiger partial charge in [-0.1, -0.05) is 77.5 Å². The van der Waals surface area contributed by atoms with Gasteiger partial charge in [0.15, 0.2) is 0 Å². The van der Waals surface area contributed by atoms with Gasteiger partial charge in [-0.05, 0) is 59.2 Å². The minimum Gasteiger partial charge on any atom is -0.344 e. The van der Waals surface area contributed by atoms with Gasteiger partial charge < -0.3 is 20.9 Å². The molecular weight excluding hydrogens is 544 g/mol. The summed E-state index contributed by atoms with van der Waals surface area (Å²) >= 11 is 3.74. The van der Waals surface area contributed by atoms with Gasteiger partial charge in [-0.3, -0.25) is 9.59 Å². The van der Waals surface area contributed by atoms with Gasteiger partial charge >= 0.3 is 6.03 Å². The van der Waals surface area contributed by atoms with E-state index < -0.39 is 6.04 Å². The van der Waals surface area contributed by atoms with Crippen molar-refractivity contribution in [3.8, 4) is 11.1 Å². The van der Waals surface area contributed by atoms with Gasteiger partial charge in [-0.2, -0.15) is 0 Å². The molecule has 0 fully saturated rings. The molecule has 1 heterocycles. The van der Waals surface area contributed by atoms with Gasteiger partial charge in [0.1, 0.15) is 6.04 Å². The summed E-state index contributed by atoms with van der Waals surface area (Å²) in [6, 6.07) is 21.2. The molecule has 1 aliphatic heterocycles. The highest BCUT2D eigenvalue weighted by Crippen LogP contribution is 2.33. The Morgan fingerprint density at radius 2 is 1.79 bits per heavy atom.